The van der Waals surface area contributed by atoms with Crippen LogP contribution in [0.2, 0.25) is 0 Å². The van der Waals surface area contributed by atoms with Gasteiger partial charge >= 0.3 is 0 Å². The van der Waals surface area contributed by atoms with Gasteiger partial charge in [-0.1, -0.05) is 36.0 Å². The summed E-state index contributed by atoms with van der Waals surface area (Å²) in [7, 11) is 1.56. The summed E-state index contributed by atoms with van der Waals surface area (Å²) >= 11 is 1.13. The van der Waals surface area contributed by atoms with E-state index in [2.05, 4.69) is 10.3 Å². The number of hydrogen-bond acceptors (Lipinski definition) is 5. The standard InChI is InChI=1S/C20H20FN3O3S/c1-13(11-27-2)24-19(26)14-7-3-5-9-16(14)23-20(24)28-12-18(25)22-17-10-6-4-8-15(17)21/h3-10,13H,11-12H2,1-2H3,(H,22,25)/t13-/m1/s1. The third-order valence-corrected chi connectivity index (χ3v) is 5.06. The van der Waals surface area contributed by atoms with Crippen LogP contribution in [-0.4, -0.2) is 34.9 Å². The average Bonchev–Trinajstić information content (AvgIpc) is 2.68. The molecular weight excluding hydrogens is 381 g/mol. The molecule has 8 heteroatoms. The minimum atomic E-state index is -0.504. The summed E-state index contributed by atoms with van der Waals surface area (Å²) < 4.78 is 20.4. The Balaban J connectivity index is 1.87. The van der Waals surface area contributed by atoms with Crippen molar-refractivity contribution in [3.8, 4) is 0 Å². The van der Waals surface area contributed by atoms with Crippen molar-refractivity contribution in [3.05, 3.63) is 64.7 Å². The van der Waals surface area contributed by atoms with Crippen LogP contribution in [0.1, 0.15) is 13.0 Å². The Kier molecular flexibility index (Phi) is 6.43. The van der Waals surface area contributed by atoms with Crippen LogP contribution < -0.4 is 10.9 Å². The van der Waals surface area contributed by atoms with E-state index in [0.29, 0.717) is 22.7 Å². The van der Waals surface area contributed by atoms with E-state index in [-0.39, 0.29) is 28.9 Å². The van der Waals surface area contributed by atoms with Gasteiger partial charge in [0.05, 0.1) is 35.0 Å². The highest BCUT2D eigenvalue weighted by molar-refractivity contribution is 7.99. The van der Waals surface area contributed by atoms with Gasteiger partial charge in [0.25, 0.3) is 5.56 Å². The van der Waals surface area contributed by atoms with Gasteiger partial charge in [0.15, 0.2) is 5.16 Å². The first kappa shape index (κ1) is 20.0. The highest BCUT2D eigenvalue weighted by Gasteiger charge is 2.18. The number of para-hydroxylation sites is 2. The average molecular weight is 401 g/mol. The molecule has 1 amide bonds. The molecule has 0 saturated heterocycles. The van der Waals surface area contributed by atoms with Crippen molar-refractivity contribution in [1.82, 2.24) is 9.55 Å². The molecule has 1 heterocycles. The Bertz CT molecular complexity index is 1050. The summed E-state index contributed by atoms with van der Waals surface area (Å²) in [6.45, 7) is 2.18. The van der Waals surface area contributed by atoms with Crippen LogP contribution in [0.15, 0.2) is 58.5 Å². The quantitative estimate of drug-likeness (QED) is 0.485. The van der Waals surface area contributed by atoms with Gasteiger partial charge in [0, 0.05) is 7.11 Å². The van der Waals surface area contributed by atoms with Crippen LogP contribution in [0.25, 0.3) is 10.9 Å². The van der Waals surface area contributed by atoms with Gasteiger partial charge in [-0.05, 0) is 31.2 Å². The van der Waals surface area contributed by atoms with E-state index in [1.165, 1.54) is 16.7 Å². The Morgan fingerprint density at radius 2 is 1.96 bits per heavy atom. The van der Waals surface area contributed by atoms with Crippen molar-refractivity contribution in [2.24, 2.45) is 0 Å². The van der Waals surface area contributed by atoms with Crippen molar-refractivity contribution >= 4 is 34.3 Å². The zero-order valence-corrected chi connectivity index (χ0v) is 16.3. The highest BCUT2D eigenvalue weighted by Crippen LogP contribution is 2.22. The summed E-state index contributed by atoms with van der Waals surface area (Å²) in [4.78, 5) is 29.8. The van der Waals surface area contributed by atoms with E-state index in [4.69, 9.17) is 4.74 Å². The SMILES string of the molecule is COC[C@@H](C)n1c(SCC(=O)Nc2ccccc2F)nc2ccccc2c1=O. The Hall–Kier alpha value is -2.71. The van der Waals surface area contributed by atoms with Crippen molar-refractivity contribution in [2.45, 2.75) is 18.1 Å². The molecule has 1 atom stereocenters. The minimum absolute atomic E-state index is 0.0151. The molecule has 6 nitrogen and oxygen atoms in total. The number of thioether (sulfide) groups is 1. The van der Waals surface area contributed by atoms with Gasteiger partial charge in [-0.25, -0.2) is 9.37 Å². The topological polar surface area (TPSA) is 73.2 Å². The van der Waals surface area contributed by atoms with Crippen LogP contribution in [0, 0.1) is 5.82 Å². The molecule has 3 rings (SSSR count). The van der Waals surface area contributed by atoms with Crippen molar-refractivity contribution in [1.29, 1.82) is 0 Å². The summed E-state index contributed by atoms with van der Waals surface area (Å²) in [5.41, 5.74) is 0.488. The molecule has 0 bridgehead atoms. The molecule has 0 radical (unpaired) electrons. The number of methoxy groups -OCH3 is 1. The minimum Gasteiger partial charge on any atom is -0.383 e. The summed E-state index contributed by atoms with van der Waals surface area (Å²) in [6, 6.07) is 12.8. The summed E-state index contributed by atoms with van der Waals surface area (Å²) in [5.74, 6) is -0.905. The van der Waals surface area contributed by atoms with Gasteiger partial charge < -0.3 is 10.1 Å². The number of amides is 1. The van der Waals surface area contributed by atoms with Gasteiger partial charge in [-0.2, -0.15) is 0 Å². The predicted molar refractivity (Wildman–Crippen MR) is 108 cm³/mol. The lowest BCUT2D eigenvalue weighted by molar-refractivity contribution is -0.113. The summed E-state index contributed by atoms with van der Waals surface area (Å²) in [6.07, 6.45) is 0. The lowest BCUT2D eigenvalue weighted by Crippen LogP contribution is -2.29. The third kappa shape index (κ3) is 4.40. The largest absolute Gasteiger partial charge is 0.383 e. The number of anilines is 1. The van der Waals surface area contributed by atoms with E-state index in [0.717, 1.165) is 11.8 Å². The molecule has 0 aliphatic carbocycles. The first-order chi connectivity index (χ1) is 13.5. The zero-order valence-electron chi connectivity index (χ0n) is 15.5. The molecule has 0 unspecified atom stereocenters. The van der Waals surface area contributed by atoms with E-state index in [9.17, 15) is 14.0 Å². The Labute approximate surface area is 165 Å². The third-order valence-electron chi connectivity index (χ3n) is 4.10. The van der Waals surface area contributed by atoms with Crippen LogP contribution in [0.4, 0.5) is 10.1 Å². The first-order valence-corrected chi connectivity index (χ1v) is 9.67. The lowest BCUT2D eigenvalue weighted by Gasteiger charge is -2.18. The van der Waals surface area contributed by atoms with Crippen LogP contribution in [0.3, 0.4) is 0 Å². The number of aromatic nitrogens is 2. The fraction of sp³-hybridized carbons (Fsp3) is 0.250. The van der Waals surface area contributed by atoms with E-state index in [1.54, 1.807) is 43.5 Å². The van der Waals surface area contributed by atoms with Gasteiger partial charge in [0.2, 0.25) is 5.91 Å². The van der Waals surface area contributed by atoms with E-state index in [1.807, 2.05) is 6.92 Å². The molecular formula is C20H20FN3O3S. The molecule has 0 aliphatic heterocycles. The second kappa shape index (κ2) is 8.99. The zero-order chi connectivity index (χ0) is 20.1. The molecule has 1 N–H and O–H groups in total. The van der Waals surface area contributed by atoms with Crippen LogP contribution >= 0.6 is 11.8 Å². The maximum Gasteiger partial charge on any atom is 0.262 e. The number of fused-ring (bicyclic) bond motifs is 1. The molecule has 2 aromatic carbocycles. The fourth-order valence-corrected chi connectivity index (χ4v) is 3.71. The summed E-state index contributed by atoms with van der Waals surface area (Å²) in [5, 5.41) is 3.45. The van der Waals surface area contributed by atoms with Gasteiger partial charge in [0.1, 0.15) is 5.82 Å². The predicted octanol–water partition coefficient (Wildman–Crippen LogP) is 3.47. The molecule has 28 heavy (non-hydrogen) atoms. The number of hydrogen-bond donors (Lipinski definition) is 1. The number of halogens is 1. The molecule has 1 aromatic heterocycles. The van der Waals surface area contributed by atoms with E-state index >= 15 is 0 Å². The van der Waals surface area contributed by atoms with Gasteiger partial charge in [-0.15, -0.1) is 0 Å². The maximum atomic E-state index is 13.7. The smallest absolute Gasteiger partial charge is 0.262 e. The molecule has 0 spiro atoms. The molecule has 146 valence electrons. The van der Waals surface area contributed by atoms with E-state index < -0.39 is 5.82 Å². The number of benzene rings is 2. The molecule has 0 saturated carbocycles. The second-order valence-electron chi connectivity index (χ2n) is 6.21. The van der Waals surface area contributed by atoms with Crippen molar-refractivity contribution in [3.63, 3.8) is 0 Å². The molecule has 0 aliphatic rings. The number of carbonyl (C=O) groups is 1. The van der Waals surface area contributed by atoms with Crippen LogP contribution in [-0.2, 0) is 9.53 Å². The van der Waals surface area contributed by atoms with Crippen molar-refractivity contribution in [2.75, 3.05) is 24.8 Å². The number of rotatable bonds is 7. The Morgan fingerprint density at radius 3 is 2.71 bits per heavy atom. The second-order valence-corrected chi connectivity index (χ2v) is 7.15. The first-order valence-electron chi connectivity index (χ1n) is 8.68. The number of nitrogens with one attached hydrogen (secondary N) is 1. The van der Waals surface area contributed by atoms with Crippen molar-refractivity contribution < 1.29 is 13.9 Å². The maximum absolute atomic E-state index is 13.7. The molecule has 3 aromatic rings. The fourth-order valence-electron chi connectivity index (χ4n) is 2.81. The number of ether oxygens (including phenoxy) is 1. The number of nitrogens with zero attached hydrogens (tertiary/aromatic N) is 2. The molecule has 0 fully saturated rings. The normalized spacial score (nSPS) is 12.1. The lowest BCUT2D eigenvalue weighted by atomic mass is 10.2. The highest BCUT2D eigenvalue weighted by atomic mass is 32.2. The van der Waals surface area contributed by atoms with Crippen LogP contribution in [0.5, 0.6) is 0 Å². The Morgan fingerprint density at radius 1 is 1.25 bits per heavy atom. The van der Waals surface area contributed by atoms with Gasteiger partial charge in [-0.3, -0.25) is 14.2 Å². The monoisotopic (exact) mass is 401 g/mol. The number of carbonyl (C=O) groups excluding carboxylic acids is 1.